The summed E-state index contributed by atoms with van der Waals surface area (Å²) in [6.45, 7) is 0. The number of benzene rings is 4. The summed E-state index contributed by atoms with van der Waals surface area (Å²) in [5.41, 5.74) is 12.0. The van der Waals surface area contributed by atoms with Crippen LogP contribution in [0.4, 0.5) is 26.3 Å². The second-order valence-corrected chi connectivity index (χ2v) is 12.2. The molecule has 4 aromatic carbocycles. The van der Waals surface area contributed by atoms with Crippen LogP contribution < -0.4 is 20.9 Å². The maximum atomic E-state index is 13.0. The van der Waals surface area contributed by atoms with E-state index in [1.807, 2.05) is 60.7 Å². The molecule has 0 aromatic heterocycles. The first-order valence-corrected chi connectivity index (χ1v) is 17.1. The molecule has 0 amide bonds. The molecule has 0 aliphatic carbocycles. The number of ether oxygens (including phenoxy) is 4. The molecule has 54 heavy (non-hydrogen) atoms. The number of hydrogen-bond donors (Lipinski definition) is 2. The molecule has 0 radical (unpaired) electrons. The van der Waals surface area contributed by atoms with Gasteiger partial charge in [0.25, 0.3) is 0 Å². The number of hydrogen-bond acceptors (Lipinski definition) is 8. The van der Waals surface area contributed by atoms with Gasteiger partial charge in [-0.05, 0) is 98.2 Å². The van der Waals surface area contributed by atoms with E-state index in [9.17, 15) is 35.9 Å². The SMILES string of the molecule is NC(CCCC(Oc1ccc(C(F)(F)F)cc1)c1ccccc1)OC(=O)/C=C/C(=O)OC(N)CCCC(Oc1ccc(C(F)(F)F)cc1)c1ccccc1. The van der Waals surface area contributed by atoms with Gasteiger partial charge in [0.2, 0.25) is 0 Å². The number of carbonyl (C=O) groups is 2. The first-order valence-electron chi connectivity index (χ1n) is 17.1. The van der Waals surface area contributed by atoms with Crippen LogP contribution in [-0.2, 0) is 31.4 Å². The summed E-state index contributed by atoms with van der Waals surface area (Å²) < 4.78 is 100. The largest absolute Gasteiger partial charge is 0.486 e. The minimum Gasteiger partial charge on any atom is -0.486 e. The van der Waals surface area contributed by atoms with Crippen LogP contribution in [0.15, 0.2) is 121 Å². The standard InChI is InChI=1S/C40H40F6N2O6/c41-39(42,43)29-17-21-31(22-18-29)51-33(27-9-3-1-4-10-27)13-7-15-35(47)53-37(49)25-26-38(50)54-36(48)16-8-14-34(28-11-5-2-6-12-28)52-32-23-19-30(20-24-32)40(44,45)46/h1-6,9-12,17-26,33-36H,7-8,13-16,47-48H2/b26-25+. The lowest BCUT2D eigenvalue weighted by Crippen LogP contribution is -2.27. The van der Waals surface area contributed by atoms with Crippen LogP contribution in [0.5, 0.6) is 11.5 Å². The molecule has 4 rings (SSSR count). The molecule has 0 saturated heterocycles. The highest BCUT2D eigenvalue weighted by Gasteiger charge is 2.31. The molecule has 0 heterocycles. The molecule has 4 unspecified atom stereocenters. The number of alkyl halides is 6. The van der Waals surface area contributed by atoms with Crippen molar-refractivity contribution in [2.24, 2.45) is 11.5 Å². The number of rotatable bonds is 18. The van der Waals surface area contributed by atoms with Crippen LogP contribution in [0, 0.1) is 0 Å². The normalized spacial score (nSPS) is 14.1. The molecular weight excluding hydrogens is 718 g/mol. The fourth-order valence-corrected chi connectivity index (χ4v) is 5.34. The van der Waals surface area contributed by atoms with Gasteiger partial charge in [-0.15, -0.1) is 0 Å². The summed E-state index contributed by atoms with van der Waals surface area (Å²) in [6, 6.07) is 27.0. The third kappa shape index (κ3) is 13.9. The first-order chi connectivity index (χ1) is 25.7. The van der Waals surface area contributed by atoms with Gasteiger partial charge in [-0.3, -0.25) is 11.5 Å². The first kappa shape index (κ1) is 41.4. The Morgan fingerprint density at radius 1 is 0.519 bits per heavy atom. The van der Waals surface area contributed by atoms with Crippen molar-refractivity contribution < 1.29 is 54.9 Å². The molecule has 4 aromatic rings. The van der Waals surface area contributed by atoms with E-state index in [1.165, 1.54) is 24.3 Å². The zero-order valence-electron chi connectivity index (χ0n) is 29.0. The van der Waals surface area contributed by atoms with E-state index in [4.69, 9.17) is 30.4 Å². The van der Waals surface area contributed by atoms with Crippen molar-refractivity contribution in [3.63, 3.8) is 0 Å². The zero-order chi connectivity index (χ0) is 39.1. The summed E-state index contributed by atoms with van der Waals surface area (Å²) in [4.78, 5) is 24.6. The third-order valence-electron chi connectivity index (χ3n) is 8.06. The minimum absolute atomic E-state index is 0.223. The molecule has 288 valence electrons. The Bertz CT molecular complexity index is 1640. The Labute approximate surface area is 308 Å². The Morgan fingerprint density at radius 3 is 1.17 bits per heavy atom. The summed E-state index contributed by atoms with van der Waals surface area (Å²) in [7, 11) is 0. The monoisotopic (exact) mass is 758 g/mol. The predicted molar refractivity (Wildman–Crippen MR) is 187 cm³/mol. The fraction of sp³-hybridized carbons (Fsp3) is 0.300. The summed E-state index contributed by atoms with van der Waals surface area (Å²) >= 11 is 0. The van der Waals surface area contributed by atoms with Gasteiger partial charge in [-0.1, -0.05) is 60.7 Å². The Hall–Kier alpha value is -5.34. The Morgan fingerprint density at radius 2 is 0.852 bits per heavy atom. The Balaban J connectivity index is 1.19. The highest BCUT2D eigenvalue weighted by atomic mass is 19.4. The summed E-state index contributed by atoms with van der Waals surface area (Å²) in [5.74, 6) is -1.27. The van der Waals surface area contributed by atoms with Crippen molar-refractivity contribution in [3.05, 3.63) is 144 Å². The van der Waals surface area contributed by atoms with E-state index >= 15 is 0 Å². The van der Waals surface area contributed by atoms with Crippen LogP contribution in [0.2, 0.25) is 0 Å². The molecule has 8 nitrogen and oxygen atoms in total. The minimum atomic E-state index is -4.47. The highest BCUT2D eigenvalue weighted by molar-refractivity contribution is 5.91. The second-order valence-electron chi connectivity index (χ2n) is 12.2. The van der Waals surface area contributed by atoms with Crippen molar-refractivity contribution >= 4 is 11.9 Å². The van der Waals surface area contributed by atoms with Crippen molar-refractivity contribution in [2.75, 3.05) is 0 Å². The lowest BCUT2D eigenvalue weighted by Gasteiger charge is -2.21. The van der Waals surface area contributed by atoms with E-state index in [-0.39, 0.29) is 24.3 Å². The van der Waals surface area contributed by atoms with E-state index in [0.29, 0.717) is 25.7 Å². The van der Waals surface area contributed by atoms with Gasteiger partial charge in [0.05, 0.1) is 11.1 Å². The maximum absolute atomic E-state index is 13.0. The topological polar surface area (TPSA) is 123 Å². The lowest BCUT2D eigenvalue weighted by atomic mass is 10.0. The smallest absolute Gasteiger partial charge is 0.416 e. The number of nitrogens with two attached hydrogens (primary N) is 2. The van der Waals surface area contributed by atoms with Gasteiger partial charge < -0.3 is 18.9 Å². The molecule has 0 fully saturated rings. The third-order valence-corrected chi connectivity index (χ3v) is 8.06. The number of halogens is 6. The van der Waals surface area contributed by atoms with Gasteiger partial charge in [-0.25, -0.2) is 9.59 Å². The van der Waals surface area contributed by atoms with E-state index < -0.39 is 60.1 Å². The average molecular weight is 759 g/mol. The van der Waals surface area contributed by atoms with Crippen molar-refractivity contribution in [2.45, 2.75) is 75.5 Å². The molecular formula is C40H40F6N2O6. The molecule has 0 bridgehead atoms. The van der Waals surface area contributed by atoms with E-state index in [2.05, 4.69) is 0 Å². The molecule has 4 atom stereocenters. The van der Waals surface area contributed by atoms with Crippen molar-refractivity contribution in [1.82, 2.24) is 0 Å². The van der Waals surface area contributed by atoms with Crippen LogP contribution in [-0.4, -0.2) is 24.4 Å². The van der Waals surface area contributed by atoms with Crippen molar-refractivity contribution in [3.8, 4) is 11.5 Å². The summed E-state index contributed by atoms with van der Waals surface area (Å²) in [5, 5.41) is 0. The van der Waals surface area contributed by atoms with Gasteiger partial charge in [0.15, 0.2) is 12.5 Å². The maximum Gasteiger partial charge on any atom is 0.416 e. The zero-order valence-corrected chi connectivity index (χ0v) is 29.0. The Kier molecular flexibility index (Phi) is 15.1. The quantitative estimate of drug-likeness (QED) is 0.0446. The van der Waals surface area contributed by atoms with E-state index in [0.717, 1.165) is 47.5 Å². The van der Waals surface area contributed by atoms with Gasteiger partial charge >= 0.3 is 24.3 Å². The van der Waals surface area contributed by atoms with Gasteiger partial charge in [0.1, 0.15) is 23.7 Å². The molecule has 0 spiro atoms. The van der Waals surface area contributed by atoms with Crippen LogP contribution in [0.25, 0.3) is 0 Å². The van der Waals surface area contributed by atoms with Gasteiger partial charge in [0, 0.05) is 12.2 Å². The average Bonchev–Trinajstić information content (AvgIpc) is 3.13. The van der Waals surface area contributed by atoms with E-state index in [1.54, 1.807) is 0 Å². The molecule has 0 aliphatic heterocycles. The number of carbonyl (C=O) groups excluding carboxylic acids is 2. The fourth-order valence-electron chi connectivity index (χ4n) is 5.34. The van der Waals surface area contributed by atoms with Crippen LogP contribution in [0.3, 0.4) is 0 Å². The molecule has 4 N–H and O–H groups in total. The molecule has 0 saturated carbocycles. The predicted octanol–water partition coefficient (Wildman–Crippen LogP) is 9.22. The van der Waals surface area contributed by atoms with Crippen LogP contribution in [0.1, 0.15) is 73.0 Å². The second kappa shape index (κ2) is 19.7. The molecule has 0 aliphatic rings. The summed E-state index contributed by atoms with van der Waals surface area (Å²) in [6.07, 6.45) is -8.18. The van der Waals surface area contributed by atoms with Crippen molar-refractivity contribution in [1.29, 1.82) is 0 Å². The lowest BCUT2D eigenvalue weighted by molar-refractivity contribution is -0.146. The van der Waals surface area contributed by atoms with Crippen LogP contribution >= 0.6 is 0 Å². The number of esters is 2. The highest BCUT2D eigenvalue weighted by Crippen LogP contribution is 2.34. The van der Waals surface area contributed by atoms with Gasteiger partial charge in [-0.2, -0.15) is 26.3 Å². The molecule has 14 heteroatoms.